The number of fused-ring (bicyclic) bond motifs is 2. The Morgan fingerprint density at radius 3 is 2.63 bits per heavy atom. The second-order valence-corrected chi connectivity index (χ2v) is 10.7. The van der Waals surface area contributed by atoms with Crippen molar-refractivity contribution in [2.45, 2.75) is 42.7 Å². The Hall–Kier alpha value is -3.22. The van der Waals surface area contributed by atoms with Gasteiger partial charge in [-0.3, -0.25) is 4.79 Å². The van der Waals surface area contributed by atoms with Gasteiger partial charge < -0.3 is 23.9 Å². The van der Waals surface area contributed by atoms with Gasteiger partial charge in [0.25, 0.3) is 15.9 Å². The van der Waals surface area contributed by atoms with E-state index in [2.05, 4.69) is 15.3 Å². The van der Waals surface area contributed by atoms with Gasteiger partial charge in [0, 0.05) is 45.3 Å². The zero-order valence-electron chi connectivity index (χ0n) is 19.6. The van der Waals surface area contributed by atoms with E-state index in [0.29, 0.717) is 25.9 Å². The summed E-state index contributed by atoms with van der Waals surface area (Å²) in [6, 6.07) is 7.48. The highest BCUT2D eigenvalue weighted by atomic mass is 32.2. The largest absolute Gasteiger partial charge is 0.497 e. The summed E-state index contributed by atoms with van der Waals surface area (Å²) in [5.74, 6) is 1.26. The average Bonchev–Trinajstić information content (AvgIpc) is 3.53. The second-order valence-electron chi connectivity index (χ2n) is 8.85. The van der Waals surface area contributed by atoms with Crippen LogP contribution in [0.1, 0.15) is 24.2 Å². The number of aromatic nitrogens is 4. The molecule has 5 rings (SSSR count). The number of imidazole rings is 2. The zero-order chi connectivity index (χ0) is 24.6. The van der Waals surface area contributed by atoms with Crippen molar-refractivity contribution in [2.75, 3.05) is 20.2 Å². The molecule has 1 N–H and O–H groups in total. The van der Waals surface area contributed by atoms with Gasteiger partial charge in [-0.1, -0.05) is 12.1 Å². The third-order valence-electron chi connectivity index (χ3n) is 6.59. The van der Waals surface area contributed by atoms with Gasteiger partial charge in [-0.2, -0.15) is 4.31 Å². The summed E-state index contributed by atoms with van der Waals surface area (Å²) in [6.45, 7) is 1.20. The molecule has 1 unspecified atom stereocenters. The Bertz CT molecular complexity index is 1310. The van der Waals surface area contributed by atoms with E-state index in [1.807, 2.05) is 35.0 Å². The van der Waals surface area contributed by atoms with Crippen LogP contribution in [-0.4, -0.2) is 64.0 Å². The molecule has 3 aromatic rings. The molecular formula is C23H28N6O5S. The Labute approximate surface area is 203 Å². The molecule has 186 valence electrons. The lowest BCUT2D eigenvalue weighted by Gasteiger charge is -2.45. The molecule has 1 atom stereocenters. The highest BCUT2D eigenvalue weighted by Gasteiger charge is 2.48. The van der Waals surface area contributed by atoms with Crippen LogP contribution in [0.2, 0.25) is 0 Å². The minimum atomic E-state index is -3.70. The van der Waals surface area contributed by atoms with Gasteiger partial charge in [-0.15, -0.1) is 0 Å². The molecule has 1 aromatic carbocycles. The van der Waals surface area contributed by atoms with Gasteiger partial charge in [0.15, 0.2) is 11.1 Å². The first-order valence-corrected chi connectivity index (χ1v) is 12.8. The number of hydrogen-bond acceptors (Lipinski definition) is 7. The summed E-state index contributed by atoms with van der Waals surface area (Å²) in [5, 5.41) is 2.98. The van der Waals surface area contributed by atoms with Crippen LogP contribution in [0, 0.1) is 0 Å². The molecule has 35 heavy (non-hydrogen) atoms. The van der Waals surface area contributed by atoms with E-state index in [9.17, 15) is 13.2 Å². The fourth-order valence-corrected chi connectivity index (χ4v) is 6.07. The van der Waals surface area contributed by atoms with E-state index in [-0.39, 0.29) is 24.0 Å². The number of benzene rings is 1. The molecule has 4 heterocycles. The van der Waals surface area contributed by atoms with Crippen LogP contribution in [0.4, 0.5) is 0 Å². The van der Waals surface area contributed by atoms with Crippen molar-refractivity contribution in [3.8, 4) is 5.75 Å². The Morgan fingerprint density at radius 1 is 1.23 bits per heavy atom. The van der Waals surface area contributed by atoms with Crippen molar-refractivity contribution in [2.24, 2.45) is 7.05 Å². The smallest absolute Gasteiger partial charge is 0.262 e. The third kappa shape index (κ3) is 4.44. The number of carbonyl (C=O) groups excluding carboxylic acids is 1. The summed E-state index contributed by atoms with van der Waals surface area (Å²) in [6.07, 6.45) is 6.54. The van der Waals surface area contributed by atoms with E-state index >= 15 is 0 Å². The lowest BCUT2D eigenvalue weighted by Crippen LogP contribution is -2.54. The van der Waals surface area contributed by atoms with Crippen LogP contribution in [0.15, 0.2) is 54.2 Å². The van der Waals surface area contributed by atoms with E-state index in [0.717, 1.165) is 17.1 Å². The molecule has 0 bridgehead atoms. The number of ether oxygens (including phenoxy) is 2. The molecule has 0 saturated carbocycles. The van der Waals surface area contributed by atoms with Crippen LogP contribution >= 0.6 is 0 Å². The lowest BCUT2D eigenvalue weighted by atomic mass is 9.89. The first kappa shape index (κ1) is 23.5. The second kappa shape index (κ2) is 9.10. The average molecular weight is 501 g/mol. The predicted octanol–water partition coefficient (Wildman–Crippen LogP) is 1.02. The predicted molar refractivity (Wildman–Crippen MR) is 125 cm³/mol. The summed E-state index contributed by atoms with van der Waals surface area (Å²) in [4.78, 5) is 21.6. The van der Waals surface area contributed by atoms with Crippen molar-refractivity contribution >= 4 is 15.9 Å². The van der Waals surface area contributed by atoms with E-state index in [1.165, 1.54) is 16.8 Å². The number of methoxy groups -OCH3 is 1. The van der Waals surface area contributed by atoms with Gasteiger partial charge in [-0.05, 0) is 30.5 Å². The molecule has 2 aliphatic rings. The molecule has 2 aromatic heterocycles. The van der Waals surface area contributed by atoms with E-state index in [1.54, 1.807) is 24.9 Å². The SMILES string of the molecule is COc1ccc(CNC(=O)C2Cn3ccnc3C3(CCN(S(=O)(=O)c4cn(C)cn4)CC3)O2)cc1. The van der Waals surface area contributed by atoms with Gasteiger partial charge in [0.1, 0.15) is 17.2 Å². The topological polar surface area (TPSA) is 121 Å². The van der Waals surface area contributed by atoms with Crippen LogP contribution in [-0.2, 0) is 45.3 Å². The number of amides is 1. The van der Waals surface area contributed by atoms with Crippen LogP contribution in [0.5, 0.6) is 5.75 Å². The Balaban J connectivity index is 1.28. The summed E-state index contributed by atoms with van der Waals surface area (Å²) in [7, 11) is -0.368. The van der Waals surface area contributed by atoms with Crippen molar-refractivity contribution in [1.82, 2.24) is 28.7 Å². The highest BCUT2D eigenvalue weighted by Crippen LogP contribution is 2.41. The van der Waals surface area contributed by atoms with Crippen LogP contribution < -0.4 is 10.1 Å². The number of sulfonamides is 1. The van der Waals surface area contributed by atoms with E-state index < -0.39 is 21.7 Å². The summed E-state index contributed by atoms with van der Waals surface area (Å²) in [5.41, 5.74) is 0.112. The zero-order valence-corrected chi connectivity index (χ0v) is 20.4. The van der Waals surface area contributed by atoms with Crippen LogP contribution in [0.3, 0.4) is 0 Å². The number of carbonyl (C=O) groups is 1. The molecular weight excluding hydrogens is 472 g/mol. The summed E-state index contributed by atoms with van der Waals surface area (Å²) < 4.78 is 42.6. The molecule has 11 nitrogen and oxygen atoms in total. The van der Waals surface area contributed by atoms with Gasteiger partial charge in [0.2, 0.25) is 0 Å². The Morgan fingerprint density at radius 2 is 1.97 bits per heavy atom. The highest BCUT2D eigenvalue weighted by molar-refractivity contribution is 7.89. The standard InChI is InChI=1S/C23H28N6O5S/c1-27-15-20(26-16-27)35(31,32)29-10-7-23(8-11-29)22-24-9-12-28(22)14-19(34-23)21(30)25-13-17-3-5-18(33-2)6-4-17/h3-6,9,12,15-16,19H,7-8,10-11,13-14H2,1-2H3,(H,25,30). The molecule has 1 fully saturated rings. The number of hydrogen-bond donors (Lipinski definition) is 1. The number of aryl methyl sites for hydroxylation is 1. The van der Waals surface area contributed by atoms with Gasteiger partial charge in [0.05, 0.1) is 20.0 Å². The van der Waals surface area contributed by atoms with E-state index in [4.69, 9.17) is 9.47 Å². The molecule has 1 saturated heterocycles. The van der Waals surface area contributed by atoms with Gasteiger partial charge >= 0.3 is 0 Å². The maximum absolute atomic E-state index is 13.1. The molecule has 1 spiro atoms. The molecule has 12 heteroatoms. The number of piperidine rings is 1. The number of nitrogens with one attached hydrogen (secondary N) is 1. The van der Waals surface area contributed by atoms with Crippen molar-refractivity contribution < 1.29 is 22.7 Å². The molecule has 0 aliphatic carbocycles. The summed E-state index contributed by atoms with van der Waals surface area (Å²) >= 11 is 0. The number of nitrogens with zero attached hydrogens (tertiary/aromatic N) is 5. The molecule has 1 amide bonds. The Kier molecular flexibility index (Phi) is 6.11. The normalized spacial score (nSPS) is 19.9. The fraction of sp³-hybridized carbons (Fsp3) is 0.435. The minimum absolute atomic E-state index is 0.0257. The van der Waals surface area contributed by atoms with Crippen LogP contribution in [0.25, 0.3) is 0 Å². The van der Waals surface area contributed by atoms with Crippen molar-refractivity contribution in [1.29, 1.82) is 0 Å². The van der Waals surface area contributed by atoms with Crippen molar-refractivity contribution in [3.05, 3.63) is 60.6 Å². The maximum Gasteiger partial charge on any atom is 0.262 e. The fourth-order valence-electron chi connectivity index (χ4n) is 4.66. The first-order chi connectivity index (χ1) is 16.8. The van der Waals surface area contributed by atoms with Gasteiger partial charge in [-0.25, -0.2) is 18.4 Å². The quantitative estimate of drug-likeness (QED) is 0.536. The van der Waals surface area contributed by atoms with Crippen molar-refractivity contribution in [3.63, 3.8) is 0 Å². The molecule has 0 radical (unpaired) electrons. The number of rotatable bonds is 6. The lowest BCUT2D eigenvalue weighted by molar-refractivity contribution is -0.171. The minimum Gasteiger partial charge on any atom is -0.497 e. The maximum atomic E-state index is 13.1. The first-order valence-electron chi connectivity index (χ1n) is 11.4. The molecule has 2 aliphatic heterocycles. The third-order valence-corrected chi connectivity index (χ3v) is 8.37. The monoisotopic (exact) mass is 500 g/mol.